The molecule has 174 valence electrons. The number of carboxylic acids is 1. The summed E-state index contributed by atoms with van der Waals surface area (Å²) < 4.78 is 41.5. The largest absolute Gasteiger partial charge is 0.478 e. The fourth-order valence-corrected chi connectivity index (χ4v) is 4.66. The number of hydrogen-bond acceptors (Lipinski definition) is 4. The minimum atomic E-state index is -4.75. The van der Waals surface area contributed by atoms with Crippen LogP contribution in [0, 0.1) is 17.2 Å². The summed E-state index contributed by atoms with van der Waals surface area (Å²) in [6.07, 6.45) is -3.99. The smallest absolute Gasteiger partial charge is 0.416 e. The van der Waals surface area contributed by atoms with E-state index in [9.17, 15) is 33.1 Å². The summed E-state index contributed by atoms with van der Waals surface area (Å²) in [5, 5.41) is 19.9. The number of fused-ring (bicyclic) bond motifs is 1. The van der Waals surface area contributed by atoms with Gasteiger partial charge in [-0.15, -0.1) is 0 Å². The number of amides is 1. The molecule has 1 N–H and O–H groups in total. The second-order valence-corrected chi connectivity index (χ2v) is 8.20. The lowest BCUT2D eigenvalue weighted by Gasteiger charge is -2.34. The Labute approximate surface area is 193 Å². The van der Waals surface area contributed by atoms with Crippen molar-refractivity contribution in [3.05, 3.63) is 76.5 Å². The molecule has 0 radical (unpaired) electrons. The monoisotopic (exact) mass is 467 g/mol. The Morgan fingerprint density at radius 3 is 2.53 bits per heavy atom. The molecule has 2 aromatic rings. The molecule has 34 heavy (non-hydrogen) atoms. The number of alkyl halides is 3. The van der Waals surface area contributed by atoms with Crippen molar-refractivity contribution in [2.45, 2.75) is 31.9 Å². The molecular weight excluding hydrogens is 447 g/mol. The number of anilines is 1. The van der Waals surface area contributed by atoms with Crippen LogP contribution in [0.5, 0.6) is 0 Å². The van der Waals surface area contributed by atoms with E-state index in [1.165, 1.54) is 30.0 Å². The molecule has 0 saturated carbocycles. The van der Waals surface area contributed by atoms with Gasteiger partial charge in [-0.1, -0.05) is 36.4 Å². The van der Waals surface area contributed by atoms with Crippen LogP contribution in [0.1, 0.15) is 36.0 Å². The van der Waals surface area contributed by atoms with E-state index in [-0.39, 0.29) is 35.8 Å². The van der Waals surface area contributed by atoms with Crippen molar-refractivity contribution in [3.63, 3.8) is 0 Å². The van der Waals surface area contributed by atoms with Gasteiger partial charge in [0.15, 0.2) is 0 Å². The predicted molar refractivity (Wildman–Crippen MR) is 118 cm³/mol. The van der Waals surface area contributed by atoms with Gasteiger partial charge in [0.25, 0.3) is 0 Å². The molecule has 0 saturated heterocycles. The number of benzene rings is 2. The van der Waals surface area contributed by atoms with Crippen LogP contribution in [0.25, 0.3) is 0 Å². The minimum absolute atomic E-state index is 0.0384. The van der Waals surface area contributed by atoms with Crippen LogP contribution >= 0.6 is 0 Å². The second kappa shape index (κ2) is 8.78. The molecule has 4 rings (SSSR count). The highest BCUT2D eigenvalue weighted by Gasteiger charge is 2.43. The minimum Gasteiger partial charge on any atom is -0.478 e. The van der Waals surface area contributed by atoms with Crippen LogP contribution in [0.15, 0.2) is 64.8 Å². The van der Waals surface area contributed by atoms with E-state index >= 15 is 0 Å². The van der Waals surface area contributed by atoms with Crippen LogP contribution in [-0.2, 0) is 22.2 Å². The number of rotatable bonds is 4. The van der Waals surface area contributed by atoms with Gasteiger partial charge >= 0.3 is 12.1 Å². The van der Waals surface area contributed by atoms with Crippen LogP contribution in [0.3, 0.4) is 0 Å². The Hall–Kier alpha value is -3.93. The van der Waals surface area contributed by atoms with Crippen LogP contribution in [0.4, 0.5) is 18.9 Å². The van der Waals surface area contributed by atoms with Gasteiger partial charge in [0, 0.05) is 23.7 Å². The lowest BCUT2D eigenvalue weighted by Crippen LogP contribution is -2.39. The molecule has 1 amide bonds. The van der Waals surface area contributed by atoms with Gasteiger partial charge in [-0.25, -0.2) is 4.79 Å². The van der Waals surface area contributed by atoms with Gasteiger partial charge in [0.05, 0.1) is 35.4 Å². The lowest BCUT2D eigenvalue weighted by molar-refractivity contribution is -0.139. The van der Waals surface area contributed by atoms with Crippen molar-refractivity contribution in [1.29, 1.82) is 5.26 Å². The first kappa shape index (κ1) is 23.2. The molecule has 2 aliphatic heterocycles. The fraction of sp³-hybridized carbons (Fsp3) is 0.280. The zero-order chi connectivity index (χ0) is 24.6. The number of carbonyl (C=O) groups is 2. The van der Waals surface area contributed by atoms with Crippen LogP contribution in [0.2, 0.25) is 0 Å². The fourth-order valence-electron chi connectivity index (χ4n) is 4.66. The van der Waals surface area contributed by atoms with Crippen molar-refractivity contribution >= 4 is 23.3 Å². The summed E-state index contributed by atoms with van der Waals surface area (Å²) >= 11 is 0. The predicted octanol–water partition coefficient (Wildman–Crippen LogP) is 4.72. The molecular formula is C25H20F3N3O3. The quantitative estimate of drug-likeness (QED) is 0.704. The van der Waals surface area contributed by atoms with Crippen molar-refractivity contribution in [1.82, 2.24) is 0 Å². The van der Waals surface area contributed by atoms with Crippen LogP contribution < -0.4 is 4.90 Å². The highest BCUT2D eigenvalue weighted by Crippen LogP contribution is 2.44. The van der Waals surface area contributed by atoms with Crippen molar-refractivity contribution in [3.8, 4) is 6.07 Å². The summed E-state index contributed by atoms with van der Waals surface area (Å²) in [7, 11) is 0. The molecule has 9 heteroatoms. The number of aliphatic imine (C=N–C) groups is 1. The molecule has 2 aliphatic rings. The molecule has 2 unspecified atom stereocenters. The first-order valence-corrected chi connectivity index (χ1v) is 10.6. The highest BCUT2D eigenvalue weighted by molar-refractivity contribution is 6.00. The van der Waals surface area contributed by atoms with E-state index < -0.39 is 35.1 Å². The molecule has 0 fully saturated rings. The maximum Gasteiger partial charge on any atom is 0.416 e. The second-order valence-electron chi connectivity index (χ2n) is 8.20. The van der Waals surface area contributed by atoms with Gasteiger partial charge in [-0.3, -0.25) is 9.79 Å². The Balaban J connectivity index is 1.90. The Kier molecular flexibility index (Phi) is 6.00. The summed E-state index contributed by atoms with van der Waals surface area (Å²) in [4.78, 5) is 30.9. The summed E-state index contributed by atoms with van der Waals surface area (Å²) in [6.45, 7) is 1.26. The molecule has 0 bridgehead atoms. The van der Waals surface area contributed by atoms with Crippen LogP contribution in [-0.4, -0.2) is 29.2 Å². The van der Waals surface area contributed by atoms with E-state index in [2.05, 4.69) is 4.99 Å². The normalized spacial score (nSPS) is 20.5. The lowest BCUT2D eigenvalue weighted by atomic mass is 9.74. The first-order valence-electron chi connectivity index (χ1n) is 10.6. The topological polar surface area (TPSA) is 93.8 Å². The van der Waals surface area contributed by atoms with E-state index in [0.29, 0.717) is 12.1 Å². The SMILES string of the molecule is CC1=NC(CN2C(=O)CCc3ccccc32)=C(C(=O)O)C(c2ccccc2C(F)(F)F)C1C#N. The average molecular weight is 467 g/mol. The summed E-state index contributed by atoms with van der Waals surface area (Å²) in [5.41, 5.74) is -0.0533. The Morgan fingerprint density at radius 2 is 1.85 bits per heavy atom. The van der Waals surface area contributed by atoms with Gasteiger partial charge in [0.2, 0.25) is 5.91 Å². The summed E-state index contributed by atoms with van der Waals surface area (Å²) in [5.74, 6) is -4.32. The van der Waals surface area contributed by atoms with Gasteiger partial charge < -0.3 is 10.0 Å². The van der Waals surface area contributed by atoms with Crippen molar-refractivity contribution in [2.75, 3.05) is 11.4 Å². The van der Waals surface area contributed by atoms with Crippen molar-refractivity contribution in [2.24, 2.45) is 10.9 Å². The zero-order valence-electron chi connectivity index (χ0n) is 18.1. The van der Waals surface area contributed by atoms with Gasteiger partial charge in [-0.05, 0) is 36.6 Å². The number of nitriles is 1. The Bertz CT molecular complexity index is 1270. The van der Waals surface area contributed by atoms with Gasteiger partial charge in [0.1, 0.15) is 0 Å². The average Bonchev–Trinajstić information content (AvgIpc) is 2.79. The zero-order valence-corrected chi connectivity index (χ0v) is 18.1. The number of para-hydroxylation sites is 1. The Morgan fingerprint density at radius 1 is 1.18 bits per heavy atom. The van der Waals surface area contributed by atoms with E-state index in [0.717, 1.165) is 11.6 Å². The number of aliphatic carboxylic acids is 1. The van der Waals surface area contributed by atoms with Gasteiger partial charge in [-0.2, -0.15) is 18.4 Å². The van der Waals surface area contributed by atoms with E-state index in [4.69, 9.17) is 0 Å². The summed E-state index contributed by atoms with van der Waals surface area (Å²) in [6, 6.07) is 13.8. The number of carboxylic acid groups (broad SMARTS) is 1. The number of hydrogen-bond donors (Lipinski definition) is 1. The third kappa shape index (κ3) is 4.07. The third-order valence-electron chi connectivity index (χ3n) is 6.19. The van der Waals surface area contributed by atoms with E-state index in [1.54, 1.807) is 12.1 Å². The maximum atomic E-state index is 13.8. The molecule has 2 atom stereocenters. The number of halogens is 3. The number of carbonyl (C=O) groups excluding carboxylic acids is 1. The maximum absolute atomic E-state index is 13.8. The molecule has 0 aromatic heterocycles. The standard InChI is InChI=1S/C25H20F3N3O3/c1-14-17(12-29)22(16-7-3-4-8-18(16)25(26,27)28)23(24(33)34)19(30-14)13-31-20-9-5-2-6-15(20)10-11-21(31)32/h2-9,17,22H,10-11,13H2,1H3,(H,33,34). The molecule has 2 heterocycles. The first-order chi connectivity index (χ1) is 16.1. The van der Waals surface area contributed by atoms with Crippen molar-refractivity contribution < 1.29 is 27.9 Å². The molecule has 6 nitrogen and oxygen atoms in total. The molecule has 0 spiro atoms. The number of aryl methyl sites for hydroxylation is 1. The third-order valence-corrected chi connectivity index (χ3v) is 6.19. The molecule has 0 aliphatic carbocycles. The van der Waals surface area contributed by atoms with E-state index in [1.807, 2.05) is 18.2 Å². The molecule has 2 aromatic carbocycles. The highest BCUT2D eigenvalue weighted by atomic mass is 19.4. The number of nitrogens with zero attached hydrogens (tertiary/aromatic N) is 3.